The van der Waals surface area contributed by atoms with E-state index in [4.69, 9.17) is 9.52 Å². The van der Waals surface area contributed by atoms with E-state index in [1.54, 1.807) is 17.7 Å². The SMILES string of the molecule is CCCCC(NC(=O)c1csc(-c2ccoc2)n1)C(=O)O. The van der Waals surface area contributed by atoms with Gasteiger partial charge in [-0.2, -0.15) is 0 Å². The summed E-state index contributed by atoms with van der Waals surface area (Å²) in [5.41, 5.74) is 1.01. The van der Waals surface area contributed by atoms with E-state index in [0.29, 0.717) is 11.4 Å². The number of hydrogen-bond donors (Lipinski definition) is 2. The highest BCUT2D eigenvalue weighted by atomic mass is 32.1. The van der Waals surface area contributed by atoms with Crippen LogP contribution in [0.1, 0.15) is 36.7 Å². The van der Waals surface area contributed by atoms with Crippen molar-refractivity contribution in [3.8, 4) is 10.6 Å². The van der Waals surface area contributed by atoms with Crippen molar-refractivity contribution in [3.05, 3.63) is 29.7 Å². The zero-order valence-corrected chi connectivity index (χ0v) is 12.4. The maximum atomic E-state index is 12.1. The van der Waals surface area contributed by atoms with Crippen LogP contribution in [0, 0.1) is 0 Å². The van der Waals surface area contributed by atoms with Crippen molar-refractivity contribution in [3.63, 3.8) is 0 Å². The highest BCUT2D eigenvalue weighted by Gasteiger charge is 2.21. The molecule has 0 bridgehead atoms. The number of carbonyl (C=O) groups is 2. The molecule has 2 rings (SSSR count). The molecule has 1 amide bonds. The molecule has 1 unspecified atom stereocenters. The van der Waals surface area contributed by atoms with Crippen LogP contribution in [0.15, 0.2) is 28.4 Å². The minimum Gasteiger partial charge on any atom is -0.480 e. The number of carbonyl (C=O) groups excluding carboxylic acids is 1. The van der Waals surface area contributed by atoms with Crippen LogP contribution in [-0.4, -0.2) is 28.0 Å². The predicted octanol–water partition coefficient (Wildman–Crippen LogP) is 2.78. The van der Waals surface area contributed by atoms with Crippen molar-refractivity contribution in [2.75, 3.05) is 0 Å². The first kappa shape index (κ1) is 15.2. The Bertz CT molecular complexity index is 606. The average molecular weight is 308 g/mol. The zero-order chi connectivity index (χ0) is 15.2. The minimum absolute atomic E-state index is 0.221. The molecule has 7 heteroatoms. The first-order valence-corrected chi connectivity index (χ1v) is 7.51. The number of rotatable bonds is 7. The van der Waals surface area contributed by atoms with Gasteiger partial charge in [0.15, 0.2) is 0 Å². The van der Waals surface area contributed by atoms with E-state index < -0.39 is 17.9 Å². The van der Waals surface area contributed by atoms with E-state index >= 15 is 0 Å². The number of carboxylic acids is 1. The van der Waals surface area contributed by atoms with Gasteiger partial charge in [-0.1, -0.05) is 19.8 Å². The van der Waals surface area contributed by atoms with E-state index in [0.717, 1.165) is 18.4 Å². The van der Waals surface area contributed by atoms with Crippen LogP contribution in [-0.2, 0) is 4.79 Å². The summed E-state index contributed by atoms with van der Waals surface area (Å²) in [5, 5.41) is 13.9. The number of thiazole rings is 1. The van der Waals surface area contributed by atoms with Gasteiger partial charge in [-0.05, 0) is 12.5 Å². The number of amides is 1. The standard InChI is InChI=1S/C14H16N2O4S/c1-2-3-4-10(14(18)19)15-12(17)11-8-21-13(16-11)9-5-6-20-7-9/h5-8,10H,2-4H2,1H3,(H,15,17)(H,18,19). The predicted molar refractivity (Wildman–Crippen MR) is 78.2 cm³/mol. The largest absolute Gasteiger partial charge is 0.480 e. The normalized spacial score (nSPS) is 12.0. The number of aliphatic carboxylic acids is 1. The number of nitrogens with one attached hydrogen (secondary N) is 1. The molecule has 0 saturated carbocycles. The van der Waals surface area contributed by atoms with Gasteiger partial charge in [0.1, 0.15) is 23.0 Å². The second kappa shape index (κ2) is 7.03. The van der Waals surface area contributed by atoms with E-state index in [1.165, 1.54) is 17.6 Å². The Morgan fingerprint density at radius 1 is 1.52 bits per heavy atom. The van der Waals surface area contributed by atoms with Crippen molar-refractivity contribution in [1.82, 2.24) is 10.3 Å². The average Bonchev–Trinajstić information content (AvgIpc) is 3.12. The van der Waals surface area contributed by atoms with Gasteiger partial charge >= 0.3 is 5.97 Å². The lowest BCUT2D eigenvalue weighted by atomic mass is 10.1. The zero-order valence-electron chi connectivity index (χ0n) is 11.5. The van der Waals surface area contributed by atoms with Crippen LogP contribution < -0.4 is 5.32 Å². The molecule has 2 heterocycles. The molecule has 0 spiro atoms. The topological polar surface area (TPSA) is 92.4 Å². The molecule has 2 aromatic rings. The fraction of sp³-hybridized carbons (Fsp3) is 0.357. The van der Waals surface area contributed by atoms with Gasteiger partial charge in [-0.3, -0.25) is 4.79 Å². The summed E-state index contributed by atoms with van der Waals surface area (Å²) in [4.78, 5) is 27.4. The second-order valence-electron chi connectivity index (χ2n) is 4.56. The first-order valence-electron chi connectivity index (χ1n) is 6.63. The maximum absolute atomic E-state index is 12.1. The van der Waals surface area contributed by atoms with Crippen LogP contribution in [0.5, 0.6) is 0 Å². The van der Waals surface area contributed by atoms with Crippen molar-refractivity contribution in [2.45, 2.75) is 32.2 Å². The molecule has 0 radical (unpaired) electrons. The molecule has 1 atom stereocenters. The molecule has 112 valence electrons. The summed E-state index contributed by atoms with van der Waals surface area (Å²) in [6, 6.07) is 0.874. The van der Waals surface area contributed by atoms with E-state index in [2.05, 4.69) is 10.3 Å². The van der Waals surface area contributed by atoms with Gasteiger partial charge in [0.05, 0.1) is 6.26 Å². The summed E-state index contributed by atoms with van der Waals surface area (Å²) >= 11 is 1.31. The molecule has 0 aromatic carbocycles. The van der Waals surface area contributed by atoms with Gasteiger partial charge in [-0.25, -0.2) is 9.78 Å². The lowest BCUT2D eigenvalue weighted by molar-refractivity contribution is -0.139. The van der Waals surface area contributed by atoms with Crippen LogP contribution >= 0.6 is 11.3 Å². The van der Waals surface area contributed by atoms with Crippen molar-refractivity contribution < 1.29 is 19.1 Å². The fourth-order valence-corrected chi connectivity index (χ4v) is 2.58. The Hall–Kier alpha value is -2.15. The summed E-state index contributed by atoms with van der Waals surface area (Å²) < 4.78 is 4.97. The molecule has 0 aliphatic heterocycles. The number of unbranched alkanes of at least 4 members (excludes halogenated alkanes) is 1. The molecule has 0 fully saturated rings. The van der Waals surface area contributed by atoms with Gasteiger partial charge in [-0.15, -0.1) is 11.3 Å². The van der Waals surface area contributed by atoms with E-state index in [1.807, 2.05) is 6.92 Å². The molecule has 0 aliphatic carbocycles. The third-order valence-corrected chi connectivity index (χ3v) is 3.85. The quantitative estimate of drug-likeness (QED) is 0.820. The molecule has 0 aliphatic rings. The van der Waals surface area contributed by atoms with Crippen molar-refractivity contribution >= 4 is 23.2 Å². The Balaban J connectivity index is 2.04. The summed E-state index contributed by atoms with van der Waals surface area (Å²) in [6.07, 6.45) is 5.11. The third-order valence-electron chi connectivity index (χ3n) is 2.95. The van der Waals surface area contributed by atoms with Gasteiger partial charge in [0.2, 0.25) is 0 Å². The first-order chi connectivity index (χ1) is 10.1. The second-order valence-corrected chi connectivity index (χ2v) is 5.41. The molecular formula is C14H16N2O4S. The number of hydrogen-bond acceptors (Lipinski definition) is 5. The number of carboxylic acid groups (broad SMARTS) is 1. The number of nitrogens with zero attached hydrogens (tertiary/aromatic N) is 1. The Morgan fingerprint density at radius 2 is 2.33 bits per heavy atom. The summed E-state index contributed by atoms with van der Waals surface area (Å²) in [6.45, 7) is 1.97. The monoisotopic (exact) mass is 308 g/mol. The van der Waals surface area contributed by atoms with Crippen molar-refractivity contribution in [2.24, 2.45) is 0 Å². The van der Waals surface area contributed by atoms with Crippen molar-refractivity contribution in [1.29, 1.82) is 0 Å². The highest BCUT2D eigenvalue weighted by Crippen LogP contribution is 2.23. The Morgan fingerprint density at radius 3 is 2.95 bits per heavy atom. The molecule has 2 N–H and O–H groups in total. The smallest absolute Gasteiger partial charge is 0.326 e. The van der Waals surface area contributed by atoms with Crippen LogP contribution in [0.25, 0.3) is 10.6 Å². The van der Waals surface area contributed by atoms with Gasteiger partial charge in [0.25, 0.3) is 5.91 Å². The van der Waals surface area contributed by atoms with Crippen LogP contribution in [0.2, 0.25) is 0 Å². The third kappa shape index (κ3) is 3.91. The van der Waals surface area contributed by atoms with Crippen LogP contribution in [0.4, 0.5) is 0 Å². The minimum atomic E-state index is -1.03. The Labute approximate surface area is 125 Å². The summed E-state index contributed by atoms with van der Waals surface area (Å²) in [7, 11) is 0. The lowest BCUT2D eigenvalue weighted by Gasteiger charge is -2.12. The maximum Gasteiger partial charge on any atom is 0.326 e. The Kier molecular flexibility index (Phi) is 5.10. The number of aromatic nitrogens is 1. The van der Waals surface area contributed by atoms with Gasteiger partial charge in [0, 0.05) is 10.9 Å². The number of furan rings is 1. The molecule has 21 heavy (non-hydrogen) atoms. The van der Waals surface area contributed by atoms with E-state index in [-0.39, 0.29) is 5.69 Å². The summed E-state index contributed by atoms with van der Waals surface area (Å²) in [5.74, 6) is -1.49. The van der Waals surface area contributed by atoms with Crippen LogP contribution in [0.3, 0.4) is 0 Å². The molecular weight excluding hydrogens is 292 g/mol. The van der Waals surface area contributed by atoms with Gasteiger partial charge < -0.3 is 14.8 Å². The van der Waals surface area contributed by atoms with E-state index in [9.17, 15) is 9.59 Å². The fourth-order valence-electron chi connectivity index (χ4n) is 1.79. The molecule has 6 nitrogen and oxygen atoms in total. The lowest BCUT2D eigenvalue weighted by Crippen LogP contribution is -2.40. The molecule has 2 aromatic heterocycles. The highest BCUT2D eigenvalue weighted by molar-refractivity contribution is 7.13. The molecule has 0 saturated heterocycles.